The number of likely N-dealkylation sites (N-methyl/N-ethyl adjacent to an activating group) is 1. The van der Waals surface area contributed by atoms with E-state index in [-0.39, 0.29) is 5.91 Å². The van der Waals surface area contributed by atoms with Gasteiger partial charge in [0.15, 0.2) is 0 Å². The molecule has 3 nitrogen and oxygen atoms in total. The number of carbonyl (C=O) groups excluding carboxylic acids is 1. The SMILES string of the molecule is CN(C(=O)C1=CCCC1)C1CCCN(CCc2ccccc2)C1. The summed E-state index contributed by atoms with van der Waals surface area (Å²) >= 11 is 0. The van der Waals surface area contributed by atoms with E-state index in [4.69, 9.17) is 0 Å². The Morgan fingerprint density at radius 3 is 2.83 bits per heavy atom. The van der Waals surface area contributed by atoms with Crippen molar-refractivity contribution in [1.82, 2.24) is 9.80 Å². The normalized spacial score (nSPS) is 22.0. The molecule has 3 heteroatoms. The third kappa shape index (κ3) is 4.23. The van der Waals surface area contributed by atoms with Crippen LogP contribution in [0.3, 0.4) is 0 Å². The van der Waals surface area contributed by atoms with Crippen LogP contribution in [0.2, 0.25) is 0 Å². The molecule has 1 aliphatic heterocycles. The van der Waals surface area contributed by atoms with Gasteiger partial charge in [-0.15, -0.1) is 0 Å². The average molecular weight is 312 g/mol. The van der Waals surface area contributed by atoms with Crippen molar-refractivity contribution in [2.75, 3.05) is 26.7 Å². The molecular formula is C20H28N2O. The highest BCUT2D eigenvalue weighted by Gasteiger charge is 2.27. The lowest BCUT2D eigenvalue weighted by molar-refractivity contribution is -0.129. The number of allylic oxidation sites excluding steroid dienone is 1. The quantitative estimate of drug-likeness (QED) is 0.833. The Bertz CT molecular complexity index is 552. The van der Waals surface area contributed by atoms with Gasteiger partial charge in [-0.05, 0) is 50.6 Å². The summed E-state index contributed by atoms with van der Waals surface area (Å²) in [6.07, 6.45) is 8.73. The van der Waals surface area contributed by atoms with E-state index >= 15 is 0 Å². The number of nitrogens with zero attached hydrogens (tertiary/aromatic N) is 2. The smallest absolute Gasteiger partial charge is 0.249 e. The number of amides is 1. The zero-order valence-corrected chi connectivity index (χ0v) is 14.2. The van der Waals surface area contributed by atoms with Crippen LogP contribution in [0.1, 0.15) is 37.7 Å². The second-order valence-corrected chi connectivity index (χ2v) is 6.87. The van der Waals surface area contributed by atoms with E-state index in [0.717, 1.165) is 57.3 Å². The first-order chi connectivity index (χ1) is 11.2. The van der Waals surface area contributed by atoms with Crippen LogP contribution >= 0.6 is 0 Å². The number of piperidine rings is 1. The van der Waals surface area contributed by atoms with Crippen molar-refractivity contribution in [3.05, 3.63) is 47.5 Å². The largest absolute Gasteiger partial charge is 0.338 e. The fraction of sp³-hybridized carbons (Fsp3) is 0.550. The zero-order valence-electron chi connectivity index (χ0n) is 14.2. The molecule has 23 heavy (non-hydrogen) atoms. The van der Waals surface area contributed by atoms with Gasteiger partial charge < -0.3 is 9.80 Å². The van der Waals surface area contributed by atoms with Crippen LogP contribution in [0.15, 0.2) is 42.0 Å². The molecule has 1 atom stereocenters. The molecule has 0 radical (unpaired) electrons. The summed E-state index contributed by atoms with van der Waals surface area (Å²) in [6, 6.07) is 11.0. The van der Waals surface area contributed by atoms with Crippen LogP contribution in [0.25, 0.3) is 0 Å². The van der Waals surface area contributed by atoms with Crippen molar-refractivity contribution in [3.8, 4) is 0 Å². The molecule has 0 bridgehead atoms. The monoisotopic (exact) mass is 312 g/mol. The molecule has 1 fully saturated rings. The van der Waals surface area contributed by atoms with Crippen molar-refractivity contribution in [1.29, 1.82) is 0 Å². The first kappa shape index (κ1) is 16.3. The number of hydrogen-bond acceptors (Lipinski definition) is 2. The summed E-state index contributed by atoms with van der Waals surface area (Å²) in [7, 11) is 1.99. The molecular weight excluding hydrogens is 284 g/mol. The van der Waals surface area contributed by atoms with Crippen LogP contribution in [0.4, 0.5) is 0 Å². The molecule has 0 aromatic heterocycles. The lowest BCUT2D eigenvalue weighted by Crippen LogP contribution is -2.49. The second kappa shape index (κ2) is 7.78. The summed E-state index contributed by atoms with van der Waals surface area (Å²) in [4.78, 5) is 17.1. The van der Waals surface area contributed by atoms with Gasteiger partial charge in [-0.2, -0.15) is 0 Å². The van der Waals surface area contributed by atoms with Crippen molar-refractivity contribution in [2.24, 2.45) is 0 Å². The van der Waals surface area contributed by atoms with Gasteiger partial charge in [-0.1, -0.05) is 36.4 Å². The average Bonchev–Trinajstić information content (AvgIpc) is 3.14. The molecule has 1 heterocycles. The van der Waals surface area contributed by atoms with Gasteiger partial charge in [-0.25, -0.2) is 0 Å². The highest BCUT2D eigenvalue weighted by atomic mass is 16.2. The van der Waals surface area contributed by atoms with Gasteiger partial charge in [0.2, 0.25) is 5.91 Å². The van der Waals surface area contributed by atoms with Crippen LogP contribution < -0.4 is 0 Å². The number of likely N-dealkylation sites (tertiary alicyclic amines) is 1. The summed E-state index contributed by atoms with van der Waals surface area (Å²) in [6.45, 7) is 3.27. The van der Waals surface area contributed by atoms with Crippen LogP contribution in [0, 0.1) is 0 Å². The predicted octanol–water partition coefficient (Wildman–Crippen LogP) is 3.26. The first-order valence-electron chi connectivity index (χ1n) is 8.96. The molecule has 2 aliphatic rings. The van der Waals surface area contributed by atoms with Gasteiger partial charge >= 0.3 is 0 Å². The Labute approximate surface area is 140 Å². The van der Waals surface area contributed by atoms with Gasteiger partial charge in [0.25, 0.3) is 0 Å². The minimum absolute atomic E-state index is 0.261. The number of hydrogen-bond donors (Lipinski definition) is 0. The van der Waals surface area contributed by atoms with E-state index in [2.05, 4.69) is 41.3 Å². The van der Waals surface area contributed by atoms with Crippen LogP contribution in [-0.2, 0) is 11.2 Å². The van der Waals surface area contributed by atoms with E-state index in [1.54, 1.807) is 0 Å². The Morgan fingerprint density at radius 1 is 1.26 bits per heavy atom. The van der Waals surface area contributed by atoms with Gasteiger partial charge in [0, 0.05) is 31.8 Å². The molecule has 1 saturated heterocycles. The van der Waals surface area contributed by atoms with E-state index in [1.165, 1.54) is 12.0 Å². The maximum absolute atomic E-state index is 12.6. The third-order valence-electron chi connectivity index (χ3n) is 5.22. The van der Waals surface area contributed by atoms with E-state index in [1.807, 2.05) is 11.9 Å². The highest BCUT2D eigenvalue weighted by molar-refractivity contribution is 5.93. The Hall–Kier alpha value is -1.61. The topological polar surface area (TPSA) is 23.6 Å². The molecule has 0 saturated carbocycles. The van der Waals surface area contributed by atoms with Gasteiger partial charge in [-0.3, -0.25) is 4.79 Å². The van der Waals surface area contributed by atoms with E-state index in [9.17, 15) is 4.79 Å². The van der Waals surface area contributed by atoms with E-state index < -0.39 is 0 Å². The maximum atomic E-state index is 12.6. The number of benzene rings is 1. The Balaban J connectivity index is 1.52. The molecule has 0 spiro atoms. The zero-order chi connectivity index (χ0) is 16.1. The van der Waals surface area contributed by atoms with E-state index in [0.29, 0.717) is 6.04 Å². The maximum Gasteiger partial charge on any atom is 0.249 e. The third-order valence-corrected chi connectivity index (χ3v) is 5.22. The molecule has 1 aliphatic carbocycles. The molecule has 124 valence electrons. The number of rotatable bonds is 5. The summed E-state index contributed by atoms with van der Waals surface area (Å²) in [5, 5.41) is 0. The van der Waals surface area contributed by atoms with Crippen LogP contribution in [0.5, 0.6) is 0 Å². The van der Waals surface area contributed by atoms with Gasteiger partial charge in [0.1, 0.15) is 0 Å². The van der Waals surface area contributed by atoms with Crippen molar-refractivity contribution in [3.63, 3.8) is 0 Å². The van der Waals surface area contributed by atoms with Gasteiger partial charge in [0.05, 0.1) is 0 Å². The lowest BCUT2D eigenvalue weighted by Gasteiger charge is -2.38. The Kier molecular flexibility index (Phi) is 5.50. The highest BCUT2D eigenvalue weighted by Crippen LogP contribution is 2.22. The first-order valence-corrected chi connectivity index (χ1v) is 8.96. The minimum atomic E-state index is 0.261. The molecule has 0 N–H and O–H groups in total. The fourth-order valence-corrected chi connectivity index (χ4v) is 3.74. The van der Waals surface area contributed by atoms with Crippen molar-refractivity contribution < 1.29 is 4.79 Å². The Morgan fingerprint density at radius 2 is 2.09 bits per heavy atom. The molecule has 1 aromatic carbocycles. The predicted molar refractivity (Wildman–Crippen MR) is 94.3 cm³/mol. The molecule has 1 unspecified atom stereocenters. The van der Waals surface area contributed by atoms with Crippen LogP contribution in [-0.4, -0.2) is 48.4 Å². The standard InChI is InChI=1S/C20H28N2O/c1-21(20(23)18-10-5-6-11-18)19-12-7-14-22(16-19)15-13-17-8-3-2-4-9-17/h2-4,8-10,19H,5-7,11-16H2,1H3. The van der Waals surface area contributed by atoms with Crippen molar-refractivity contribution in [2.45, 2.75) is 44.6 Å². The summed E-state index contributed by atoms with van der Waals surface area (Å²) in [5.74, 6) is 0.261. The summed E-state index contributed by atoms with van der Waals surface area (Å²) in [5.41, 5.74) is 2.43. The summed E-state index contributed by atoms with van der Waals surface area (Å²) < 4.78 is 0. The molecule has 1 amide bonds. The molecule has 1 aromatic rings. The molecule has 3 rings (SSSR count). The minimum Gasteiger partial charge on any atom is -0.338 e. The fourth-order valence-electron chi connectivity index (χ4n) is 3.74. The van der Waals surface area contributed by atoms with Crippen molar-refractivity contribution >= 4 is 5.91 Å². The second-order valence-electron chi connectivity index (χ2n) is 6.87. The lowest BCUT2D eigenvalue weighted by atomic mass is 10.0. The number of carbonyl (C=O) groups is 1.